The third-order valence-electron chi connectivity index (χ3n) is 5.02. The quantitative estimate of drug-likeness (QED) is 0.925. The monoisotopic (exact) mass is 292 g/mol. The first kappa shape index (κ1) is 13.5. The molecule has 0 spiro atoms. The Bertz CT molecular complexity index is 679. The number of hydrogen-bond acceptors (Lipinski definition) is 2. The molecule has 1 atom stereocenters. The highest BCUT2D eigenvalue weighted by atomic mass is 16.1. The first-order valence-corrected chi connectivity index (χ1v) is 7.97. The second-order valence-electron chi connectivity index (χ2n) is 6.31. The first-order valence-electron chi connectivity index (χ1n) is 7.97. The van der Waals surface area contributed by atoms with E-state index in [-0.39, 0.29) is 17.9 Å². The average Bonchev–Trinajstić information content (AvgIpc) is 2.89. The number of rotatable bonds is 2. The first-order chi connectivity index (χ1) is 10.8. The summed E-state index contributed by atoms with van der Waals surface area (Å²) in [6.07, 6.45) is 1.95. The maximum atomic E-state index is 11.6. The van der Waals surface area contributed by atoms with Gasteiger partial charge in [0, 0.05) is 6.54 Å². The smallest absolute Gasteiger partial charge is 0.221 e. The topological polar surface area (TPSA) is 46.3 Å². The van der Waals surface area contributed by atoms with Gasteiger partial charge in [-0.1, -0.05) is 48.5 Å². The highest BCUT2D eigenvalue weighted by Crippen LogP contribution is 2.46. The molecule has 2 aliphatic rings. The highest BCUT2D eigenvalue weighted by Gasteiger charge is 2.35. The molecule has 0 aromatic heterocycles. The van der Waals surface area contributed by atoms with Crippen LogP contribution in [-0.2, 0) is 4.79 Å². The van der Waals surface area contributed by atoms with Crippen molar-refractivity contribution in [2.24, 2.45) is 11.7 Å². The van der Waals surface area contributed by atoms with Gasteiger partial charge in [0.1, 0.15) is 0 Å². The fourth-order valence-corrected chi connectivity index (χ4v) is 4.00. The lowest BCUT2D eigenvalue weighted by Gasteiger charge is -2.36. The van der Waals surface area contributed by atoms with Crippen molar-refractivity contribution in [1.82, 2.24) is 4.90 Å². The molecule has 1 aliphatic heterocycles. The van der Waals surface area contributed by atoms with Crippen LogP contribution in [0.1, 0.15) is 30.0 Å². The van der Waals surface area contributed by atoms with E-state index in [9.17, 15) is 4.79 Å². The summed E-state index contributed by atoms with van der Waals surface area (Å²) >= 11 is 0. The molecular formula is C19H20N2O. The van der Waals surface area contributed by atoms with Crippen LogP contribution in [0.4, 0.5) is 0 Å². The maximum absolute atomic E-state index is 11.6. The van der Waals surface area contributed by atoms with E-state index in [0.29, 0.717) is 0 Å². The number of likely N-dealkylation sites (tertiary alicyclic amines) is 1. The fourth-order valence-electron chi connectivity index (χ4n) is 4.00. The normalized spacial score (nSPS) is 21.4. The zero-order valence-electron chi connectivity index (χ0n) is 12.5. The van der Waals surface area contributed by atoms with E-state index >= 15 is 0 Å². The van der Waals surface area contributed by atoms with Crippen LogP contribution >= 0.6 is 0 Å². The molecule has 2 N–H and O–H groups in total. The third kappa shape index (κ3) is 2.04. The zero-order chi connectivity index (χ0) is 15.1. The lowest BCUT2D eigenvalue weighted by atomic mass is 9.93. The lowest BCUT2D eigenvalue weighted by molar-refractivity contribution is -0.123. The molecule has 2 aromatic rings. The number of nitrogens with zero attached hydrogens (tertiary/aromatic N) is 1. The Labute approximate surface area is 130 Å². The molecule has 4 rings (SSSR count). The Morgan fingerprint density at radius 3 is 2.18 bits per heavy atom. The predicted molar refractivity (Wildman–Crippen MR) is 87.2 cm³/mol. The Balaban J connectivity index is 1.77. The lowest BCUT2D eigenvalue weighted by Crippen LogP contribution is -2.42. The van der Waals surface area contributed by atoms with Gasteiger partial charge in [0.2, 0.25) is 5.91 Å². The molecule has 0 unspecified atom stereocenters. The molecule has 1 fully saturated rings. The van der Waals surface area contributed by atoms with Crippen LogP contribution in [-0.4, -0.2) is 23.9 Å². The molecule has 1 saturated heterocycles. The van der Waals surface area contributed by atoms with E-state index in [2.05, 4.69) is 53.4 Å². The van der Waals surface area contributed by atoms with Crippen molar-refractivity contribution >= 4 is 5.91 Å². The number of amides is 1. The van der Waals surface area contributed by atoms with E-state index in [1.807, 2.05) is 0 Å². The summed E-state index contributed by atoms with van der Waals surface area (Å²) in [7, 11) is 0. The third-order valence-corrected chi connectivity index (χ3v) is 5.02. The maximum Gasteiger partial charge on any atom is 0.221 e. The van der Waals surface area contributed by atoms with E-state index in [0.717, 1.165) is 25.9 Å². The molecule has 0 radical (unpaired) electrons. The van der Waals surface area contributed by atoms with Gasteiger partial charge in [0.05, 0.1) is 12.0 Å². The molecule has 0 bridgehead atoms. The van der Waals surface area contributed by atoms with Gasteiger partial charge in [-0.05, 0) is 41.6 Å². The summed E-state index contributed by atoms with van der Waals surface area (Å²) in [4.78, 5) is 14.0. The largest absolute Gasteiger partial charge is 0.369 e. The van der Waals surface area contributed by atoms with Gasteiger partial charge in [-0.2, -0.15) is 0 Å². The summed E-state index contributed by atoms with van der Waals surface area (Å²) in [6, 6.07) is 17.5. The van der Waals surface area contributed by atoms with Gasteiger partial charge in [0.25, 0.3) is 0 Å². The van der Waals surface area contributed by atoms with Crippen LogP contribution in [0.15, 0.2) is 48.5 Å². The van der Waals surface area contributed by atoms with Gasteiger partial charge >= 0.3 is 0 Å². The van der Waals surface area contributed by atoms with Crippen LogP contribution in [0.3, 0.4) is 0 Å². The van der Waals surface area contributed by atoms with Crippen molar-refractivity contribution in [2.45, 2.75) is 18.9 Å². The Morgan fingerprint density at radius 1 is 1.00 bits per heavy atom. The van der Waals surface area contributed by atoms with Crippen molar-refractivity contribution in [3.8, 4) is 11.1 Å². The minimum Gasteiger partial charge on any atom is -0.369 e. The molecule has 3 heteroatoms. The molecule has 22 heavy (non-hydrogen) atoms. The molecular weight excluding hydrogens is 272 g/mol. The minimum atomic E-state index is -0.163. The number of fused-ring (bicyclic) bond motifs is 3. The zero-order valence-corrected chi connectivity index (χ0v) is 12.5. The number of primary amides is 1. The Hall–Kier alpha value is -2.13. The average molecular weight is 292 g/mol. The summed E-state index contributed by atoms with van der Waals surface area (Å²) in [5.41, 5.74) is 10.9. The minimum absolute atomic E-state index is 0.0197. The molecule has 1 amide bonds. The van der Waals surface area contributed by atoms with Crippen molar-refractivity contribution in [3.63, 3.8) is 0 Å². The SMILES string of the molecule is NC(=O)[C@H]1CCCN(C2c3ccccc3-c3ccccc32)C1. The number of hydrogen-bond donors (Lipinski definition) is 1. The predicted octanol–water partition coefficient (Wildman–Crippen LogP) is 2.95. The van der Waals surface area contributed by atoms with Crippen molar-refractivity contribution in [1.29, 1.82) is 0 Å². The van der Waals surface area contributed by atoms with Crippen LogP contribution in [0.25, 0.3) is 11.1 Å². The molecule has 1 aliphatic carbocycles. The summed E-state index contributed by atoms with van der Waals surface area (Å²) in [6.45, 7) is 1.79. The Morgan fingerprint density at radius 2 is 1.59 bits per heavy atom. The number of carbonyl (C=O) groups is 1. The van der Waals surface area contributed by atoms with E-state index in [4.69, 9.17) is 5.73 Å². The molecule has 2 aromatic carbocycles. The van der Waals surface area contributed by atoms with Crippen molar-refractivity contribution in [2.75, 3.05) is 13.1 Å². The summed E-state index contributed by atoms with van der Waals surface area (Å²) < 4.78 is 0. The van der Waals surface area contributed by atoms with Crippen LogP contribution in [0.2, 0.25) is 0 Å². The van der Waals surface area contributed by atoms with E-state index in [1.54, 1.807) is 0 Å². The van der Waals surface area contributed by atoms with E-state index < -0.39 is 0 Å². The fraction of sp³-hybridized carbons (Fsp3) is 0.316. The van der Waals surface area contributed by atoms with Gasteiger partial charge in [-0.15, -0.1) is 0 Å². The second kappa shape index (κ2) is 5.25. The number of benzene rings is 2. The molecule has 1 heterocycles. The molecule has 0 saturated carbocycles. The number of carbonyl (C=O) groups excluding carboxylic acids is 1. The Kier molecular flexibility index (Phi) is 3.23. The number of nitrogens with two attached hydrogens (primary N) is 1. The summed E-state index contributed by atoms with van der Waals surface area (Å²) in [5, 5.41) is 0. The van der Waals surface area contributed by atoms with Crippen molar-refractivity contribution < 1.29 is 4.79 Å². The second-order valence-corrected chi connectivity index (χ2v) is 6.31. The van der Waals surface area contributed by atoms with Crippen LogP contribution in [0, 0.1) is 5.92 Å². The van der Waals surface area contributed by atoms with Gasteiger partial charge in [-0.3, -0.25) is 9.69 Å². The van der Waals surface area contributed by atoms with Crippen LogP contribution < -0.4 is 5.73 Å². The van der Waals surface area contributed by atoms with Gasteiger partial charge in [0.15, 0.2) is 0 Å². The van der Waals surface area contributed by atoms with Gasteiger partial charge in [-0.25, -0.2) is 0 Å². The number of piperidine rings is 1. The highest BCUT2D eigenvalue weighted by molar-refractivity contribution is 5.79. The van der Waals surface area contributed by atoms with E-state index in [1.165, 1.54) is 22.3 Å². The van der Waals surface area contributed by atoms with Gasteiger partial charge < -0.3 is 5.73 Å². The summed E-state index contributed by atoms with van der Waals surface area (Å²) in [5.74, 6) is -0.182. The standard InChI is InChI=1S/C19H20N2O/c20-19(22)13-6-5-11-21(12-13)18-16-9-3-1-7-14(16)15-8-2-4-10-17(15)18/h1-4,7-10,13,18H,5-6,11-12H2,(H2,20,22)/t13-/m0/s1. The van der Waals surface area contributed by atoms with Crippen molar-refractivity contribution in [3.05, 3.63) is 59.7 Å². The van der Waals surface area contributed by atoms with Crippen LogP contribution in [0.5, 0.6) is 0 Å². The molecule has 112 valence electrons. The molecule has 3 nitrogen and oxygen atoms in total.